The average Bonchev–Trinajstić information content (AvgIpc) is 3.09. The summed E-state index contributed by atoms with van der Waals surface area (Å²) >= 11 is 1.47. The smallest absolute Gasteiger partial charge is 0.251 e. The average molecular weight is 332 g/mol. The van der Waals surface area contributed by atoms with E-state index >= 15 is 0 Å². The molecule has 1 aromatic carbocycles. The van der Waals surface area contributed by atoms with Crippen molar-refractivity contribution in [3.63, 3.8) is 0 Å². The lowest BCUT2D eigenvalue weighted by molar-refractivity contribution is -0.119. The van der Waals surface area contributed by atoms with Crippen LogP contribution in [0.4, 0.5) is 5.82 Å². The fraction of sp³-hybridized carbons (Fsp3) is 0.267. The van der Waals surface area contributed by atoms with Crippen molar-refractivity contribution < 1.29 is 14.3 Å². The number of hydrogen-bond donors (Lipinski definition) is 1. The van der Waals surface area contributed by atoms with E-state index in [-0.39, 0.29) is 12.5 Å². The Morgan fingerprint density at radius 2 is 2.17 bits per heavy atom. The topological polar surface area (TPSA) is 78.3 Å². The molecule has 8 heteroatoms. The minimum absolute atomic E-state index is 0.0126. The molecule has 0 unspecified atom stereocenters. The first-order valence-corrected chi connectivity index (χ1v) is 7.73. The van der Waals surface area contributed by atoms with E-state index in [4.69, 9.17) is 9.47 Å². The molecule has 0 radical (unpaired) electrons. The summed E-state index contributed by atoms with van der Waals surface area (Å²) in [6, 6.07) is 7.48. The lowest BCUT2D eigenvalue weighted by Crippen LogP contribution is -2.19. The van der Waals surface area contributed by atoms with Crippen molar-refractivity contribution in [1.29, 1.82) is 0 Å². The van der Waals surface area contributed by atoms with E-state index in [0.29, 0.717) is 10.9 Å². The zero-order chi connectivity index (χ0) is 16.4. The van der Waals surface area contributed by atoms with E-state index < -0.39 is 0 Å². The Bertz CT molecular complexity index is 856. The number of thiazole rings is 1. The van der Waals surface area contributed by atoms with Gasteiger partial charge in [0.05, 0.1) is 23.0 Å². The molecule has 0 aliphatic heterocycles. The van der Waals surface area contributed by atoms with Crippen molar-refractivity contribution in [1.82, 2.24) is 14.8 Å². The fourth-order valence-corrected chi connectivity index (χ4v) is 3.11. The molecule has 2 heterocycles. The number of methoxy groups -OCH3 is 2. The van der Waals surface area contributed by atoms with Gasteiger partial charge >= 0.3 is 0 Å². The predicted octanol–water partition coefficient (Wildman–Crippen LogP) is 2.38. The molecule has 7 nitrogen and oxygen atoms in total. The van der Waals surface area contributed by atoms with Crippen LogP contribution in [0.25, 0.3) is 15.3 Å². The highest BCUT2D eigenvalue weighted by molar-refractivity contribution is 7.20. The van der Waals surface area contributed by atoms with Gasteiger partial charge in [-0.25, -0.2) is 4.98 Å². The van der Waals surface area contributed by atoms with Crippen LogP contribution in [0.1, 0.15) is 5.69 Å². The van der Waals surface area contributed by atoms with Crippen LogP contribution in [0.15, 0.2) is 24.3 Å². The molecule has 0 saturated carbocycles. The SMILES string of the molecule is COCC(=O)Nc1cc(C)nn1-c1nc2ccc(OC)cc2s1. The highest BCUT2D eigenvalue weighted by atomic mass is 32.1. The van der Waals surface area contributed by atoms with Crippen LogP contribution < -0.4 is 10.1 Å². The predicted molar refractivity (Wildman–Crippen MR) is 88.5 cm³/mol. The maximum absolute atomic E-state index is 11.8. The quantitative estimate of drug-likeness (QED) is 0.776. The van der Waals surface area contributed by atoms with E-state index in [0.717, 1.165) is 21.7 Å². The second-order valence-electron chi connectivity index (χ2n) is 4.89. The number of nitrogens with zero attached hydrogens (tertiary/aromatic N) is 3. The molecule has 0 spiro atoms. The maximum Gasteiger partial charge on any atom is 0.251 e. The second kappa shape index (κ2) is 6.35. The van der Waals surface area contributed by atoms with Crippen molar-refractivity contribution in [2.24, 2.45) is 0 Å². The van der Waals surface area contributed by atoms with E-state index in [9.17, 15) is 4.79 Å². The standard InChI is InChI=1S/C15H16N4O3S/c1-9-6-13(17-14(20)8-21-2)19(18-9)15-16-11-5-4-10(22-3)7-12(11)23-15/h4-7H,8H2,1-3H3,(H,17,20). The monoisotopic (exact) mass is 332 g/mol. The number of hydrogen-bond acceptors (Lipinski definition) is 6. The van der Waals surface area contributed by atoms with Gasteiger partial charge < -0.3 is 14.8 Å². The van der Waals surface area contributed by atoms with Crippen LogP contribution in [0.2, 0.25) is 0 Å². The Hall–Kier alpha value is -2.45. The van der Waals surface area contributed by atoms with E-state index in [2.05, 4.69) is 15.4 Å². The van der Waals surface area contributed by atoms with Crippen LogP contribution in [0, 0.1) is 6.92 Å². The van der Waals surface area contributed by atoms with Gasteiger partial charge in [0.15, 0.2) is 0 Å². The van der Waals surface area contributed by atoms with Gasteiger partial charge in [-0.1, -0.05) is 11.3 Å². The van der Waals surface area contributed by atoms with Crippen LogP contribution in [0.5, 0.6) is 5.75 Å². The fourth-order valence-electron chi connectivity index (χ4n) is 2.15. The first kappa shape index (κ1) is 15.4. The number of fused-ring (bicyclic) bond motifs is 1. The Morgan fingerprint density at radius 3 is 2.91 bits per heavy atom. The summed E-state index contributed by atoms with van der Waals surface area (Å²) in [6.07, 6.45) is 0. The largest absolute Gasteiger partial charge is 0.497 e. The lowest BCUT2D eigenvalue weighted by Gasteiger charge is -2.05. The van der Waals surface area contributed by atoms with Gasteiger partial charge in [-0.3, -0.25) is 4.79 Å². The van der Waals surface area contributed by atoms with Gasteiger partial charge in [-0.2, -0.15) is 9.78 Å². The Balaban J connectivity index is 1.99. The van der Waals surface area contributed by atoms with Gasteiger partial charge in [0.1, 0.15) is 18.2 Å². The van der Waals surface area contributed by atoms with Crippen molar-refractivity contribution in [3.8, 4) is 10.9 Å². The molecule has 1 amide bonds. The van der Waals surface area contributed by atoms with Crippen LogP contribution in [-0.2, 0) is 9.53 Å². The van der Waals surface area contributed by atoms with Gasteiger partial charge in [0.2, 0.25) is 5.13 Å². The number of benzene rings is 1. The molecule has 0 atom stereocenters. The second-order valence-corrected chi connectivity index (χ2v) is 5.90. The number of aryl methyl sites for hydroxylation is 1. The number of rotatable bonds is 5. The zero-order valence-electron chi connectivity index (χ0n) is 13.0. The minimum atomic E-state index is -0.239. The third-order valence-corrected chi connectivity index (χ3v) is 4.13. The van der Waals surface area contributed by atoms with Gasteiger partial charge in [0.25, 0.3) is 5.91 Å². The first-order chi connectivity index (χ1) is 11.1. The number of aromatic nitrogens is 3. The molecular weight excluding hydrogens is 316 g/mol. The summed E-state index contributed by atoms with van der Waals surface area (Å²) in [4.78, 5) is 16.3. The molecule has 3 aromatic rings. The highest BCUT2D eigenvalue weighted by Gasteiger charge is 2.14. The number of carbonyl (C=O) groups is 1. The molecule has 120 valence electrons. The number of nitrogens with one attached hydrogen (secondary N) is 1. The minimum Gasteiger partial charge on any atom is -0.497 e. The molecule has 0 saturated heterocycles. The van der Waals surface area contributed by atoms with Crippen molar-refractivity contribution in [2.45, 2.75) is 6.92 Å². The molecule has 0 aliphatic rings. The van der Waals surface area contributed by atoms with E-state index in [1.54, 1.807) is 17.9 Å². The summed E-state index contributed by atoms with van der Waals surface area (Å²) in [6.45, 7) is 1.85. The number of ether oxygens (including phenoxy) is 2. The summed E-state index contributed by atoms with van der Waals surface area (Å²) in [5.74, 6) is 1.10. The summed E-state index contributed by atoms with van der Waals surface area (Å²) in [5, 5.41) is 7.86. The Labute approximate surface area is 136 Å². The molecule has 0 aliphatic carbocycles. The van der Waals surface area contributed by atoms with Gasteiger partial charge in [-0.15, -0.1) is 0 Å². The number of carbonyl (C=O) groups excluding carboxylic acids is 1. The van der Waals surface area contributed by atoms with Crippen LogP contribution in [-0.4, -0.2) is 41.5 Å². The molecule has 0 bridgehead atoms. The van der Waals surface area contributed by atoms with Crippen molar-refractivity contribution in [2.75, 3.05) is 26.1 Å². The molecular formula is C15H16N4O3S. The molecule has 1 N–H and O–H groups in total. The highest BCUT2D eigenvalue weighted by Crippen LogP contribution is 2.29. The molecule has 2 aromatic heterocycles. The third kappa shape index (κ3) is 3.17. The summed E-state index contributed by atoms with van der Waals surface area (Å²) < 4.78 is 12.7. The van der Waals surface area contributed by atoms with Crippen molar-refractivity contribution in [3.05, 3.63) is 30.0 Å². The Kier molecular flexibility index (Phi) is 4.26. The van der Waals surface area contributed by atoms with E-state index in [1.165, 1.54) is 18.4 Å². The van der Waals surface area contributed by atoms with Gasteiger partial charge in [0, 0.05) is 13.2 Å². The molecule has 23 heavy (non-hydrogen) atoms. The molecule has 3 rings (SSSR count). The number of anilines is 1. The third-order valence-electron chi connectivity index (χ3n) is 3.14. The summed E-state index contributed by atoms with van der Waals surface area (Å²) in [7, 11) is 3.10. The van der Waals surface area contributed by atoms with Crippen molar-refractivity contribution >= 4 is 33.3 Å². The number of amides is 1. The molecule has 0 fully saturated rings. The first-order valence-electron chi connectivity index (χ1n) is 6.91. The zero-order valence-corrected chi connectivity index (χ0v) is 13.8. The lowest BCUT2D eigenvalue weighted by atomic mass is 10.3. The normalized spacial score (nSPS) is 10.9. The van der Waals surface area contributed by atoms with Crippen LogP contribution >= 0.6 is 11.3 Å². The maximum atomic E-state index is 11.8. The van der Waals surface area contributed by atoms with Crippen LogP contribution in [0.3, 0.4) is 0 Å². The summed E-state index contributed by atoms with van der Waals surface area (Å²) in [5.41, 5.74) is 1.64. The Morgan fingerprint density at radius 1 is 1.35 bits per heavy atom. The van der Waals surface area contributed by atoms with E-state index in [1.807, 2.05) is 25.1 Å². The van der Waals surface area contributed by atoms with Gasteiger partial charge in [-0.05, 0) is 25.1 Å².